The maximum absolute atomic E-state index is 3.26. The first-order valence-electron chi connectivity index (χ1n) is 7.37. The smallest absolute Gasteiger partial charge is 0.0487 e. The minimum Gasteiger partial charge on any atom is -0.345 e. The first-order valence-corrected chi connectivity index (χ1v) is 7.37. The van der Waals surface area contributed by atoms with E-state index in [9.17, 15) is 0 Å². The molecule has 108 valence electrons. The van der Waals surface area contributed by atoms with Gasteiger partial charge >= 0.3 is 0 Å². The van der Waals surface area contributed by atoms with Crippen LogP contribution in [0.3, 0.4) is 0 Å². The average molecular weight is 279 g/mol. The van der Waals surface area contributed by atoms with E-state index in [1.54, 1.807) is 0 Å². The number of rotatable bonds is 5. The molecule has 0 amide bonds. The van der Waals surface area contributed by atoms with Crippen LogP contribution in [0.25, 0.3) is 10.9 Å². The third-order valence-electron chi connectivity index (χ3n) is 3.64. The molecule has 2 aromatic carbocycles. The molecule has 3 heteroatoms. The second-order valence-electron chi connectivity index (χ2n) is 5.55. The zero-order valence-corrected chi connectivity index (χ0v) is 12.5. The molecule has 0 radical (unpaired) electrons. The fourth-order valence-corrected chi connectivity index (χ4v) is 2.52. The van der Waals surface area contributed by atoms with Crippen molar-refractivity contribution in [1.82, 2.24) is 9.99 Å². The highest BCUT2D eigenvalue weighted by atomic mass is 15.3. The number of hydrazine groups is 1. The number of aromatic nitrogens is 1. The van der Waals surface area contributed by atoms with E-state index < -0.39 is 0 Å². The van der Waals surface area contributed by atoms with Crippen molar-refractivity contribution < 1.29 is 0 Å². The molecule has 0 aliphatic carbocycles. The van der Waals surface area contributed by atoms with Gasteiger partial charge in [-0.1, -0.05) is 30.3 Å². The number of hydrogen-bond acceptors (Lipinski definition) is 2. The molecule has 0 aliphatic heterocycles. The lowest BCUT2D eigenvalue weighted by molar-refractivity contribution is 0.622. The number of hydrogen-bond donors (Lipinski definition) is 2. The molecule has 2 N–H and O–H groups in total. The van der Waals surface area contributed by atoms with Crippen LogP contribution in [0.1, 0.15) is 25.5 Å². The molecule has 0 bridgehead atoms. The fourth-order valence-electron chi connectivity index (χ4n) is 2.52. The molecular formula is C18H21N3. The van der Waals surface area contributed by atoms with Crippen LogP contribution in [0.2, 0.25) is 0 Å². The highest BCUT2D eigenvalue weighted by Crippen LogP contribution is 2.21. The van der Waals surface area contributed by atoms with Gasteiger partial charge < -0.3 is 9.99 Å². The number of nitrogens with zero attached hydrogens (tertiary/aromatic N) is 1. The summed E-state index contributed by atoms with van der Waals surface area (Å²) in [6.45, 7) is 5.21. The van der Waals surface area contributed by atoms with E-state index in [0.29, 0.717) is 6.04 Å². The van der Waals surface area contributed by atoms with Gasteiger partial charge in [0.15, 0.2) is 0 Å². The molecule has 0 fully saturated rings. The Morgan fingerprint density at radius 3 is 2.57 bits per heavy atom. The second kappa shape index (κ2) is 6.02. The first-order chi connectivity index (χ1) is 10.2. The standard InChI is InChI=1S/C18H21N3/c1-14(2)21-11-10-16-9-8-15(12-18(16)21)13-19-20-17-6-4-3-5-7-17/h3-12,14,19-20H,13H2,1-2H3. The predicted octanol–water partition coefficient (Wildman–Crippen LogP) is 4.34. The SMILES string of the molecule is CC(C)n1ccc2ccc(CNNc3ccccc3)cc21. The summed E-state index contributed by atoms with van der Waals surface area (Å²) in [6.07, 6.45) is 2.16. The van der Waals surface area contributed by atoms with Gasteiger partial charge in [0.1, 0.15) is 0 Å². The molecule has 3 aromatic rings. The zero-order chi connectivity index (χ0) is 14.7. The fraction of sp³-hybridized carbons (Fsp3) is 0.222. The quantitative estimate of drug-likeness (QED) is 0.680. The lowest BCUT2D eigenvalue weighted by Gasteiger charge is -2.11. The third-order valence-corrected chi connectivity index (χ3v) is 3.64. The molecule has 1 aromatic heterocycles. The highest BCUT2D eigenvalue weighted by molar-refractivity contribution is 5.81. The normalized spacial score (nSPS) is 11.2. The van der Waals surface area contributed by atoms with Crippen LogP contribution in [0.5, 0.6) is 0 Å². The van der Waals surface area contributed by atoms with Crippen molar-refractivity contribution in [3.8, 4) is 0 Å². The van der Waals surface area contributed by atoms with Crippen molar-refractivity contribution in [2.24, 2.45) is 0 Å². The first kappa shape index (κ1) is 13.7. The van der Waals surface area contributed by atoms with Gasteiger partial charge in [0, 0.05) is 30.0 Å². The molecule has 0 saturated carbocycles. The maximum atomic E-state index is 3.26. The minimum atomic E-state index is 0.480. The Labute approximate surface area is 125 Å². The summed E-state index contributed by atoms with van der Waals surface area (Å²) in [5, 5.41) is 1.29. The molecule has 3 nitrogen and oxygen atoms in total. The molecule has 21 heavy (non-hydrogen) atoms. The summed E-state index contributed by atoms with van der Waals surface area (Å²) < 4.78 is 2.31. The summed E-state index contributed by atoms with van der Waals surface area (Å²) in [6, 6.07) is 19.4. The lowest BCUT2D eigenvalue weighted by Crippen LogP contribution is -2.20. The van der Waals surface area contributed by atoms with Crippen LogP contribution in [-0.4, -0.2) is 4.57 Å². The van der Waals surface area contributed by atoms with Crippen LogP contribution in [0.15, 0.2) is 60.8 Å². The monoisotopic (exact) mass is 279 g/mol. The molecular weight excluding hydrogens is 258 g/mol. The van der Waals surface area contributed by atoms with Crippen LogP contribution in [0.4, 0.5) is 5.69 Å². The van der Waals surface area contributed by atoms with E-state index in [1.165, 1.54) is 16.5 Å². The lowest BCUT2D eigenvalue weighted by atomic mass is 10.1. The van der Waals surface area contributed by atoms with Gasteiger partial charge in [0.05, 0.1) is 0 Å². The van der Waals surface area contributed by atoms with Crippen molar-refractivity contribution in [3.63, 3.8) is 0 Å². The third kappa shape index (κ3) is 3.09. The Bertz CT molecular complexity index is 714. The van der Waals surface area contributed by atoms with E-state index in [4.69, 9.17) is 0 Å². The van der Waals surface area contributed by atoms with E-state index in [-0.39, 0.29) is 0 Å². The summed E-state index contributed by atoms with van der Waals surface area (Å²) in [4.78, 5) is 0. The van der Waals surface area contributed by atoms with Crippen molar-refractivity contribution in [3.05, 3.63) is 66.4 Å². The van der Waals surface area contributed by atoms with Gasteiger partial charge in [-0.05, 0) is 49.1 Å². The van der Waals surface area contributed by atoms with Crippen LogP contribution in [0, 0.1) is 0 Å². The largest absolute Gasteiger partial charge is 0.345 e. The molecule has 0 aliphatic rings. The van der Waals surface area contributed by atoms with E-state index in [1.807, 2.05) is 30.3 Å². The number of benzene rings is 2. The van der Waals surface area contributed by atoms with Crippen LogP contribution >= 0.6 is 0 Å². The Kier molecular flexibility index (Phi) is 3.93. The Hall–Kier alpha value is -2.26. The summed E-state index contributed by atoms with van der Waals surface area (Å²) in [5.74, 6) is 0. The maximum Gasteiger partial charge on any atom is 0.0487 e. The van der Waals surface area contributed by atoms with Crippen LogP contribution < -0.4 is 10.9 Å². The van der Waals surface area contributed by atoms with Crippen LogP contribution in [-0.2, 0) is 6.54 Å². The van der Waals surface area contributed by atoms with Gasteiger partial charge in [-0.3, -0.25) is 0 Å². The summed E-state index contributed by atoms with van der Waals surface area (Å²) in [7, 11) is 0. The number of para-hydroxylation sites is 1. The average Bonchev–Trinajstić information content (AvgIpc) is 2.92. The molecule has 0 saturated heterocycles. The Morgan fingerprint density at radius 1 is 1.00 bits per heavy atom. The summed E-state index contributed by atoms with van der Waals surface area (Å²) in [5.41, 5.74) is 10.1. The van der Waals surface area contributed by atoms with Gasteiger partial charge in [0.2, 0.25) is 0 Å². The van der Waals surface area contributed by atoms with Gasteiger partial charge in [-0.15, -0.1) is 0 Å². The summed E-state index contributed by atoms with van der Waals surface area (Å²) >= 11 is 0. The van der Waals surface area contributed by atoms with Crippen molar-refractivity contribution in [2.75, 3.05) is 5.43 Å². The number of fused-ring (bicyclic) bond motifs is 1. The van der Waals surface area contributed by atoms with Gasteiger partial charge in [-0.25, -0.2) is 5.43 Å². The second-order valence-corrected chi connectivity index (χ2v) is 5.55. The van der Waals surface area contributed by atoms with Crippen molar-refractivity contribution >= 4 is 16.6 Å². The zero-order valence-electron chi connectivity index (χ0n) is 12.5. The van der Waals surface area contributed by atoms with E-state index in [0.717, 1.165) is 12.2 Å². The van der Waals surface area contributed by atoms with Crippen molar-refractivity contribution in [1.29, 1.82) is 0 Å². The molecule has 0 atom stereocenters. The Morgan fingerprint density at radius 2 is 1.81 bits per heavy atom. The molecule has 0 spiro atoms. The van der Waals surface area contributed by atoms with Gasteiger partial charge in [-0.2, -0.15) is 0 Å². The van der Waals surface area contributed by atoms with Crippen molar-refractivity contribution in [2.45, 2.75) is 26.4 Å². The molecule has 3 rings (SSSR count). The molecule has 1 heterocycles. The van der Waals surface area contributed by atoms with Gasteiger partial charge in [0.25, 0.3) is 0 Å². The topological polar surface area (TPSA) is 29.0 Å². The Balaban J connectivity index is 1.71. The predicted molar refractivity (Wildman–Crippen MR) is 89.2 cm³/mol. The van der Waals surface area contributed by atoms with E-state index in [2.05, 4.69) is 59.7 Å². The highest BCUT2D eigenvalue weighted by Gasteiger charge is 2.04. The minimum absolute atomic E-state index is 0.480. The van der Waals surface area contributed by atoms with E-state index >= 15 is 0 Å². The number of nitrogens with one attached hydrogen (secondary N) is 2. The number of anilines is 1. The molecule has 0 unspecified atom stereocenters.